The van der Waals surface area contributed by atoms with Gasteiger partial charge in [-0.1, -0.05) is 36.1 Å². The number of halogens is 1. The van der Waals surface area contributed by atoms with Gasteiger partial charge in [-0.15, -0.1) is 0 Å². The summed E-state index contributed by atoms with van der Waals surface area (Å²) < 4.78 is 15.3. The fourth-order valence-electron chi connectivity index (χ4n) is 4.64. The molecule has 11 heteroatoms. The van der Waals surface area contributed by atoms with Gasteiger partial charge in [-0.2, -0.15) is 5.26 Å². The number of nitriles is 1. The van der Waals surface area contributed by atoms with E-state index < -0.39 is 0 Å². The van der Waals surface area contributed by atoms with Gasteiger partial charge in [-0.25, -0.2) is 4.39 Å². The van der Waals surface area contributed by atoms with Crippen molar-refractivity contribution in [2.75, 3.05) is 44.2 Å². The predicted molar refractivity (Wildman–Crippen MR) is 147 cm³/mol. The van der Waals surface area contributed by atoms with E-state index in [-0.39, 0.29) is 36.0 Å². The number of hydrogen-bond donors (Lipinski definition) is 1. The number of β-amino-alcohol motifs (C(OH)–C–C–N with tert-alkyl or cyclic N) is 1. The van der Waals surface area contributed by atoms with Gasteiger partial charge >= 0.3 is 0 Å². The first-order chi connectivity index (χ1) is 17.8. The van der Waals surface area contributed by atoms with Crippen molar-refractivity contribution in [1.82, 2.24) is 14.4 Å². The van der Waals surface area contributed by atoms with Gasteiger partial charge in [0.2, 0.25) is 0 Å². The maximum atomic E-state index is 13.4. The van der Waals surface area contributed by atoms with Gasteiger partial charge in [0.05, 0.1) is 18.1 Å². The van der Waals surface area contributed by atoms with Crippen molar-refractivity contribution in [3.05, 3.63) is 67.6 Å². The lowest BCUT2D eigenvalue weighted by Crippen LogP contribution is -2.49. The van der Waals surface area contributed by atoms with Gasteiger partial charge in [0.15, 0.2) is 0 Å². The van der Waals surface area contributed by atoms with Crippen LogP contribution < -0.4 is 10.5 Å². The third-order valence-electron chi connectivity index (χ3n) is 6.65. The summed E-state index contributed by atoms with van der Waals surface area (Å²) in [4.78, 5) is 32.7. The minimum Gasteiger partial charge on any atom is -0.395 e. The summed E-state index contributed by atoms with van der Waals surface area (Å²) >= 11 is 6.66. The van der Waals surface area contributed by atoms with E-state index in [2.05, 4.69) is 9.80 Å². The Hall–Kier alpha value is -3.04. The first-order valence-electron chi connectivity index (χ1n) is 12.0. The Morgan fingerprint density at radius 3 is 2.46 bits per heavy atom. The van der Waals surface area contributed by atoms with Crippen molar-refractivity contribution in [2.24, 2.45) is 0 Å². The molecule has 2 saturated heterocycles. The largest absolute Gasteiger partial charge is 0.395 e. The monoisotopic (exact) mass is 541 g/mol. The van der Waals surface area contributed by atoms with Crippen LogP contribution in [0.3, 0.4) is 0 Å². The minimum absolute atomic E-state index is 0.0533. The molecule has 4 rings (SSSR count). The van der Waals surface area contributed by atoms with Crippen LogP contribution in [0.25, 0.3) is 6.08 Å². The van der Waals surface area contributed by atoms with Gasteiger partial charge < -0.3 is 10.0 Å². The molecule has 1 aromatic carbocycles. The van der Waals surface area contributed by atoms with Crippen LogP contribution in [0, 0.1) is 24.1 Å². The Kier molecular flexibility index (Phi) is 8.44. The number of benzene rings is 1. The topological polar surface area (TPSA) is 92.8 Å². The van der Waals surface area contributed by atoms with Crippen molar-refractivity contribution < 1.29 is 14.3 Å². The smallest absolute Gasteiger partial charge is 0.270 e. The number of nitrogens with zero attached hydrogens (tertiary/aromatic N) is 5. The SMILES string of the molecule is CCn1c(N2CCN(CCO)CC2)c(/C=C2\SC(=S)N(Cc3ccc(F)cc3)C2=O)c(C)c(C#N)c1=O. The molecule has 0 saturated carbocycles. The number of carbonyl (C=O) groups is 1. The third kappa shape index (κ3) is 5.48. The van der Waals surface area contributed by atoms with Crippen molar-refractivity contribution in [2.45, 2.75) is 26.9 Å². The molecular weight excluding hydrogens is 513 g/mol. The number of hydrogen-bond acceptors (Lipinski definition) is 8. The Balaban J connectivity index is 1.75. The summed E-state index contributed by atoms with van der Waals surface area (Å²) in [5.74, 6) is 0.0511. The predicted octanol–water partition coefficient (Wildman–Crippen LogP) is 2.70. The summed E-state index contributed by atoms with van der Waals surface area (Å²) in [6, 6.07) is 7.97. The number of aliphatic hydroxyl groups excluding tert-OH is 1. The molecule has 2 fully saturated rings. The highest BCUT2D eigenvalue weighted by Gasteiger charge is 2.33. The highest BCUT2D eigenvalue weighted by molar-refractivity contribution is 8.26. The molecule has 0 radical (unpaired) electrons. The highest BCUT2D eigenvalue weighted by atomic mass is 32.2. The molecule has 37 heavy (non-hydrogen) atoms. The number of pyridine rings is 1. The quantitative estimate of drug-likeness (QED) is 0.423. The number of piperazine rings is 1. The Morgan fingerprint density at radius 2 is 1.86 bits per heavy atom. The zero-order valence-corrected chi connectivity index (χ0v) is 22.4. The number of aromatic nitrogens is 1. The Morgan fingerprint density at radius 1 is 1.19 bits per heavy atom. The summed E-state index contributed by atoms with van der Waals surface area (Å²) in [7, 11) is 0. The van der Waals surface area contributed by atoms with Crippen molar-refractivity contribution >= 4 is 46.1 Å². The van der Waals surface area contributed by atoms with Gasteiger partial charge in [0, 0.05) is 44.8 Å². The number of aliphatic hydroxyl groups is 1. The second kappa shape index (κ2) is 11.6. The maximum Gasteiger partial charge on any atom is 0.270 e. The fourth-order valence-corrected chi connectivity index (χ4v) is 5.88. The van der Waals surface area contributed by atoms with Crippen LogP contribution in [0.1, 0.15) is 29.2 Å². The van der Waals surface area contributed by atoms with Crippen LogP contribution in [-0.2, 0) is 17.9 Å². The molecule has 0 bridgehead atoms. The first-order valence-corrected chi connectivity index (χ1v) is 13.3. The highest BCUT2D eigenvalue weighted by Crippen LogP contribution is 2.36. The first kappa shape index (κ1) is 27.0. The molecule has 2 aromatic rings. The van der Waals surface area contributed by atoms with E-state index in [1.54, 1.807) is 29.7 Å². The minimum atomic E-state index is -0.353. The van der Waals surface area contributed by atoms with Crippen LogP contribution >= 0.6 is 24.0 Å². The van der Waals surface area contributed by atoms with Gasteiger partial charge in [0.1, 0.15) is 27.6 Å². The van der Waals surface area contributed by atoms with Gasteiger partial charge in [-0.3, -0.25) is 24.0 Å². The molecule has 0 unspecified atom stereocenters. The maximum absolute atomic E-state index is 13.4. The standard InChI is InChI=1S/C26H28FN5O3S2/c1-3-31-23(30-10-8-29(9-11-30)12-13-33)20(17(2)21(15-28)24(31)34)14-22-25(35)32(26(36)37-22)16-18-4-6-19(27)7-5-18/h4-7,14,33H,3,8-13,16H2,1-2H3/b22-14-. The molecule has 2 aliphatic heterocycles. The number of carbonyl (C=O) groups excluding carboxylic acids is 1. The lowest BCUT2D eigenvalue weighted by atomic mass is 10.0. The number of amides is 1. The van der Waals surface area contributed by atoms with E-state index in [0.717, 1.165) is 18.7 Å². The Bertz CT molecular complexity index is 1340. The lowest BCUT2D eigenvalue weighted by Gasteiger charge is -2.37. The van der Waals surface area contributed by atoms with E-state index in [4.69, 9.17) is 12.2 Å². The molecule has 0 atom stereocenters. The number of anilines is 1. The van der Waals surface area contributed by atoms with E-state index in [1.165, 1.54) is 28.8 Å². The molecule has 3 heterocycles. The van der Waals surface area contributed by atoms with Crippen molar-refractivity contribution in [3.63, 3.8) is 0 Å². The average Bonchev–Trinajstić information content (AvgIpc) is 3.15. The molecular formula is C26H28FN5O3S2. The summed E-state index contributed by atoms with van der Waals surface area (Å²) in [5, 5.41) is 19.0. The van der Waals surface area contributed by atoms with Crippen LogP contribution in [0.5, 0.6) is 0 Å². The molecule has 0 spiro atoms. The van der Waals surface area contributed by atoms with E-state index >= 15 is 0 Å². The van der Waals surface area contributed by atoms with Crippen molar-refractivity contribution in [3.8, 4) is 6.07 Å². The number of thiocarbonyl (C=S) groups is 1. The summed E-state index contributed by atoms with van der Waals surface area (Å²) in [6.45, 7) is 7.56. The molecule has 1 amide bonds. The zero-order valence-electron chi connectivity index (χ0n) is 20.7. The van der Waals surface area contributed by atoms with Crippen LogP contribution in [0.2, 0.25) is 0 Å². The number of rotatable bonds is 7. The van der Waals surface area contributed by atoms with E-state index in [0.29, 0.717) is 52.3 Å². The van der Waals surface area contributed by atoms with Crippen LogP contribution in [-0.4, -0.2) is 69.0 Å². The Labute approximate surface area is 224 Å². The second-order valence-corrected chi connectivity index (χ2v) is 10.5. The van der Waals surface area contributed by atoms with Crippen LogP contribution in [0.15, 0.2) is 34.0 Å². The molecule has 8 nitrogen and oxygen atoms in total. The molecule has 1 N–H and O–H groups in total. The van der Waals surface area contributed by atoms with Crippen LogP contribution in [0.4, 0.5) is 10.2 Å². The fraction of sp³-hybridized carbons (Fsp3) is 0.385. The molecule has 2 aliphatic rings. The van der Waals surface area contributed by atoms with E-state index in [1.807, 2.05) is 13.0 Å². The van der Waals surface area contributed by atoms with Gasteiger partial charge in [0.25, 0.3) is 11.5 Å². The normalized spacial score (nSPS) is 17.6. The zero-order chi connectivity index (χ0) is 26.7. The summed E-state index contributed by atoms with van der Waals surface area (Å²) in [6.07, 6.45) is 1.74. The number of thioether (sulfide) groups is 1. The third-order valence-corrected chi connectivity index (χ3v) is 8.03. The molecule has 0 aliphatic carbocycles. The lowest BCUT2D eigenvalue weighted by molar-refractivity contribution is -0.122. The van der Waals surface area contributed by atoms with Crippen molar-refractivity contribution in [1.29, 1.82) is 5.26 Å². The molecule has 1 aromatic heterocycles. The summed E-state index contributed by atoms with van der Waals surface area (Å²) in [5.41, 5.74) is 1.63. The van der Waals surface area contributed by atoms with E-state index in [9.17, 15) is 24.3 Å². The van der Waals surface area contributed by atoms with Gasteiger partial charge in [-0.05, 0) is 43.2 Å². The molecule has 194 valence electrons. The second-order valence-electron chi connectivity index (χ2n) is 8.85. The average molecular weight is 542 g/mol.